The highest BCUT2D eigenvalue weighted by Crippen LogP contribution is 2.28. The molecule has 5 rings (SSSR count). The number of rotatable bonds is 6. The first-order valence-electron chi connectivity index (χ1n) is 12.5. The molecule has 3 heterocycles. The molecule has 0 spiro atoms. The van der Waals surface area contributed by atoms with Crippen molar-refractivity contribution in [1.29, 1.82) is 0 Å². The number of aryl methyl sites for hydroxylation is 2. The molecule has 0 aliphatic heterocycles. The number of carbonyl (C=O) groups is 1. The summed E-state index contributed by atoms with van der Waals surface area (Å²) < 4.78 is 8.81. The molecule has 1 aromatic carbocycles. The van der Waals surface area contributed by atoms with E-state index in [9.17, 15) is 9.59 Å². The Morgan fingerprint density at radius 3 is 2.59 bits per heavy atom. The van der Waals surface area contributed by atoms with Gasteiger partial charge in [0.25, 0.3) is 5.91 Å². The molecule has 0 saturated heterocycles. The number of halogens is 1. The van der Waals surface area contributed by atoms with E-state index in [4.69, 9.17) is 16.3 Å². The average Bonchev–Trinajstić information content (AvgIpc) is 3.18. The Morgan fingerprint density at radius 1 is 1.11 bits per heavy atom. The Balaban J connectivity index is 1.33. The molecule has 1 N–H and O–H groups in total. The Bertz CT molecular complexity index is 1500. The van der Waals surface area contributed by atoms with Crippen molar-refractivity contribution < 1.29 is 9.53 Å². The molecule has 1 aliphatic carbocycles. The van der Waals surface area contributed by atoms with Gasteiger partial charge in [0.05, 0.1) is 46.3 Å². The predicted molar refractivity (Wildman–Crippen MR) is 144 cm³/mol. The first kappa shape index (κ1) is 25.0. The second kappa shape index (κ2) is 10.4. The lowest BCUT2D eigenvalue weighted by Gasteiger charge is -2.29. The third kappa shape index (κ3) is 4.98. The van der Waals surface area contributed by atoms with Crippen molar-refractivity contribution in [3.63, 3.8) is 0 Å². The molecular formula is C28H30ClN5O3. The average molecular weight is 520 g/mol. The lowest BCUT2D eigenvalue weighted by Crippen LogP contribution is -2.39. The molecule has 1 amide bonds. The first-order valence-corrected chi connectivity index (χ1v) is 12.9. The highest BCUT2D eigenvalue weighted by Gasteiger charge is 2.26. The molecule has 9 heteroatoms. The van der Waals surface area contributed by atoms with E-state index in [1.807, 2.05) is 35.8 Å². The number of aromatic nitrogens is 4. The molecule has 1 saturated carbocycles. The smallest absolute Gasteiger partial charge is 0.333 e. The van der Waals surface area contributed by atoms with Crippen molar-refractivity contribution in [3.8, 4) is 11.6 Å². The summed E-state index contributed by atoms with van der Waals surface area (Å²) in [5, 5.41) is 3.59. The van der Waals surface area contributed by atoms with Gasteiger partial charge in [0.2, 0.25) is 5.88 Å². The second-order valence-electron chi connectivity index (χ2n) is 9.71. The second-order valence-corrected chi connectivity index (χ2v) is 10.1. The van der Waals surface area contributed by atoms with Gasteiger partial charge in [0.15, 0.2) is 0 Å². The SMILES string of the molecule is COc1ccc(-n2c(=O)n(C[C@H]3CC[C@H](NC(=O)c4cc(Cl)cnc4C)CC3)c3cccc(C)c32)cn1. The summed E-state index contributed by atoms with van der Waals surface area (Å²) in [4.78, 5) is 35.0. The minimum Gasteiger partial charge on any atom is -0.481 e. The number of ether oxygens (including phenoxy) is 1. The number of nitrogens with one attached hydrogen (secondary N) is 1. The Morgan fingerprint density at radius 2 is 1.89 bits per heavy atom. The number of carbonyl (C=O) groups excluding carboxylic acids is 1. The van der Waals surface area contributed by atoms with Gasteiger partial charge < -0.3 is 10.1 Å². The van der Waals surface area contributed by atoms with Gasteiger partial charge in [-0.3, -0.25) is 18.9 Å². The lowest BCUT2D eigenvalue weighted by molar-refractivity contribution is 0.0919. The van der Waals surface area contributed by atoms with Crippen LogP contribution in [0.5, 0.6) is 5.88 Å². The zero-order valence-electron chi connectivity index (χ0n) is 21.2. The number of fused-ring (bicyclic) bond motifs is 1. The molecule has 1 aliphatic rings. The normalized spacial score (nSPS) is 17.6. The Hall–Kier alpha value is -3.65. The molecule has 0 bridgehead atoms. The largest absolute Gasteiger partial charge is 0.481 e. The Labute approximate surface area is 220 Å². The topological polar surface area (TPSA) is 91.0 Å². The molecule has 8 nitrogen and oxygen atoms in total. The molecule has 37 heavy (non-hydrogen) atoms. The number of pyridine rings is 2. The fraction of sp³-hybridized carbons (Fsp3) is 0.357. The van der Waals surface area contributed by atoms with Crippen LogP contribution in [0.25, 0.3) is 16.7 Å². The quantitative estimate of drug-likeness (QED) is 0.393. The van der Waals surface area contributed by atoms with Crippen LogP contribution in [-0.2, 0) is 6.54 Å². The van der Waals surface area contributed by atoms with Crippen molar-refractivity contribution in [2.45, 2.75) is 52.1 Å². The summed E-state index contributed by atoms with van der Waals surface area (Å²) in [5.74, 6) is 0.704. The van der Waals surface area contributed by atoms with Crippen molar-refractivity contribution in [2.24, 2.45) is 5.92 Å². The van der Waals surface area contributed by atoms with Gasteiger partial charge in [0.1, 0.15) is 0 Å². The van der Waals surface area contributed by atoms with Crippen molar-refractivity contribution in [3.05, 3.63) is 81.1 Å². The van der Waals surface area contributed by atoms with E-state index in [1.165, 1.54) is 0 Å². The van der Waals surface area contributed by atoms with Crippen LogP contribution < -0.4 is 15.7 Å². The number of amides is 1. The van der Waals surface area contributed by atoms with E-state index in [0.717, 1.165) is 42.3 Å². The number of para-hydroxylation sites is 1. The number of benzene rings is 1. The molecular weight excluding hydrogens is 490 g/mol. The minimum atomic E-state index is -0.140. The van der Waals surface area contributed by atoms with Gasteiger partial charge in [-0.15, -0.1) is 0 Å². The van der Waals surface area contributed by atoms with Gasteiger partial charge in [0, 0.05) is 24.8 Å². The van der Waals surface area contributed by atoms with Gasteiger partial charge in [-0.2, -0.15) is 0 Å². The van der Waals surface area contributed by atoms with E-state index in [0.29, 0.717) is 40.3 Å². The zero-order chi connectivity index (χ0) is 26.1. The zero-order valence-corrected chi connectivity index (χ0v) is 22.0. The van der Waals surface area contributed by atoms with Crippen molar-refractivity contribution in [1.82, 2.24) is 24.4 Å². The van der Waals surface area contributed by atoms with Crippen LogP contribution >= 0.6 is 11.6 Å². The van der Waals surface area contributed by atoms with Crippen molar-refractivity contribution >= 4 is 28.5 Å². The third-order valence-electron chi connectivity index (χ3n) is 7.26. The van der Waals surface area contributed by atoms with Crippen LogP contribution in [0.3, 0.4) is 0 Å². The Kier molecular flexibility index (Phi) is 7.02. The molecule has 0 atom stereocenters. The number of imidazole rings is 1. The van der Waals surface area contributed by atoms with Crippen LogP contribution in [0, 0.1) is 19.8 Å². The summed E-state index contributed by atoms with van der Waals surface area (Å²) >= 11 is 6.04. The monoisotopic (exact) mass is 519 g/mol. The van der Waals surface area contributed by atoms with E-state index in [2.05, 4.69) is 15.3 Å². The molecule has 0 radical (unpaired) electrons. The molecule has 3 aromatic heterocycles. The van der Waals surface area contributed by atoms with Crippen LogP contribution in [0.15, 0.2) is 53.6 Å². The van der Waals surface area contributed by atoms with Gasteiger partial charge in [-0.1, -0.05) is 23.7 Å². The molecule has 0 unspecified atom stereocenters. The van der Waals surface area contributed by atoms with E-state index >= 15 is 0 Å². The van der Waals surface area contributed by atoms with Crippen LogP contribution in [0.2, 0.25) is 5.02 Å². The summed E-state index contributed by atoms with van der Waals surface area (Å²) in [6.07, 6.45) is 6.78. The highest BCUT2D eigenvalue weighted by atomic mass is 35.5. The maximum atomic E-state index is 13.7. The summed E-state index contributed by atoms with van der Waals surface area (Å²) in [6, 6.07) is 11.4. The minimum absolute atomic E-state index is 0.0735. The van der Waals surface area contributed by atoms with Gasteiger partial charge >= 0.3 is 5.69 Å². The fourth-order valence-electron chi connectivity index (χ4n) is 5.26. The molecule has 4 aromatic rings. The fourth-order valence-corrected chi connectivity index (χ4v) is 5.42. The maximum Gasteiger partial charge on any atom is 0.333 e. The van der Waals surface area contributed by atoms with Crippen molar-refractivity contribution in [2.75, 3.05) is 7.11 Å². The molecule has 192 valence electrons. The van der Waals surface area contributed by atoms with E-state index in [-0.39, 0.29) is 17.6 Å². The van der Waals surface area contributed by atoms with Crippen LogP contribution in [0.4, 0.5) is 0 Å². The first-order chi connectivity index (χ1) is 17.9. The van der Waals surface area contributed by atoms with Gasteiger partial charge in [-0.05, 0) is 69.2 Å². The maximum absolute atomic E-state index is 13.7. The number of hydrogen-bond acceptors (Lipinski definition) is 5. The molecule has 1 fully saturated rings. The third-order valence-corrected chi connectivity index (χ3v) is 7.47. The van der Waals surface area contributed by atoms with Crippen LogP contribution in [0.1, 0.15) is 47.3 Å². The lowest BCUT2D eigenvalue weighted by atomic mass is 9.85. The number of hydrogen-bond donors (Lipinski definition) is 1. The van der Waals surface area contributed by atoms with Gasteiger partial charge in [-0.25, -0.2) is 9.78 Å². The predicted octanol–water partition coefficient (Wildman–Crippen LogP) is 4.85. The summed E-state index contributed by atoms with van der Waals surface area (Å²) in [7, 11) is 1.57. The number of nitrogens with zero attached hydrogens (tertiary/aromatic N) is 4. The summed E-state index contributed by atoms with van der Waals surface area (Å²) in [5.41, 5.74) is 4.65. The summed E-state index contributed by atoms with van der Waals surface area (Å²) in [6.45, 7) is 4.46. The van der Waals surface area contributed by atoms with Crippen LogP contribution in [-0.4, -0.2) is 38.2 Å². The highest BCUT2D eigenvalue weighted by molar-refractivity contribution is 6.30. The standard InChI is InChI=1S/C28H30ClN5O3/c1-17-5-4-6-24-26(17)34(22-11-12-25(37-3)31-15-22)28(36)33(24)16-19-7-9-21(10-8-19)32-27(35)23-13-20(29)14-30-18(23)2/h4-6,11-15,19,21H,7-10,16H2,1-3H3,(H,32,35)/t19-,21-. The number of methoxy groups -OCH3 is 1. The van der Waals surface area contributed by atoms with E-state index < -0.39 is 0 Å². The van der Waals surface area contributed by atoms with E-state index in [1.54, 1.807) is 43.1 Å².